The SMILES string of the molecule is COCc1cccc(NC(=O)[C@@H]2COc3cc(OC)ccc3C2)c1. The number of hydrogen-bond acceptors (Lipinski definition) is 4. The molecule has 1 aliphatic heterocycles. The van der Waals surface area contributed by atoms with Crippen molar-refractivity contribution in [2.75, 3.05) is 26.1 Å². The number of amides is 1. The molecule has 126 valence electrons. The maximum absolute atomic E-state index is 12.5. The van der Waals surface area contributed by atoms with E-state index in [1.807, 2.05) is 42.5 Å². The molecule has 0 unspecified atom stereocenters. The summed E-state index contributed by atoms with van der Waals surface area (Å²) in [4.78, 5) is 12.5. The summed E-state index contributed by atoms with van der Waals surface area (Å²) in [5, 5.41) is 2.96. The van der Waals surface area contributed by atoms with Crippen molar-refractivity contribution in [1.82, 2.24) is 0 Å². The molecule has 1 heterocycles. The van der Waals surface area contributed by atoms with E-state index in [0.717, 1.165) is 28.3 Å². The molecule has 1 atom stereocenters. The molecule has 0 aromatic heterocycles. The minimum atomic E-state index is -0.211. The summed E-state index contributed by atoms with van der Waals surface area (Å²) in [6.45, 7) is 0.884. The highest BCUT2D eigenvalue weighted by Gasteiger charge is 2.26. The van der Waals surface area contributed by atoms with Gasteiger partial charge in [-0.1, -0.05) is 18.2 Å². The molecule has 0 radical (unpaired) electrons. The van der Waals surface area contributed by atoms with Gasteiger partial charge in [-0.2, -0.15) is 0 Å². The number of carbonyl (C=O) groups is 1. The number of rotatable bonds is 5. The van der Waals surface area contributed by atoms with Crippen LogP contribution in [-0.4, -0.2) is 26.7 Å². The zero-order valence-electron chi connectivity index (χ0n) is 13.9. The highest BCUT2D eigenvalue weighted by atomic mass is 16.5. The van der Waals surface area contributed by atoms with Crippen molar-refractivity contribution in [3.05, 3.63) is 53.6 Å². The van der Waals surface area contributed by atoms with Crippen molar-refractivity contribution >= 4 is 11.6 Å². The molecule has 24 heavy (non-hydrogen) atoms. The summed E-state index contributed by atoms with van der Waals surface area (Å²) in [5.74, 6) is 1.30. The molecule has 0 spiro atoms. The molecule has 1 N–H and O–H groups in total. The fraction of sp³-hybridized carbons (Fsp3) is 0.316. The first-order valence-corrected chi connectivity index (χ1v) is 7.88. The van der Waals surface area contributed by atoms with E-state index in [9.17, 15) is 4.79 Å². The molecule has 0 bridgehead atoms. The van der Waals surface area contributed by atoms with E-state index in [2.05, 4.69) is 5.32 Å². The second kappa shape index (κ2) is 7.36. The zero-order valence-corrected chi connectivity index (χ0v) is 13.9. The van der Waals surface area contributed by atoms with E-state index in [4.69, 9.17) is 14.2 Å². The van der Waals surface area contributed by atoms with Gasteiger partial charge in [0.1, 0.15) is 18.1 Å². The smallest absolute Gasteiger partial charge is 0.231 e. The van der Waals surface area contributed by atoms with E-state index in [1.54, 1.807) is 14.2 Å². The van der Waals surface area contributed by atoms with Crippen molar-refractivity contribution in [3.8, 4) is 11.5 Å². The molecule has 2 aromatic carbocycles. The Hall–Kier alpha value is -2.53. The highest BCUT2D eigenvalue weighted by Crippen LogP contribution is 2.31. The van der Waals surface area contributed by atoms with Crippen LogP contribution >= 0.6 is 0 Å². The summed E-state index contributed by atoms with van der Waals surface area (Å²) >= 11 is 0. The standard InChI is InChI=1S/C19H21NO4/c1-22-11-13-4-3-5-16(8-13)20-19(21)15-9-14-6-7-17(23-2)10-18(14)24-12-15/h3-8,10,15H,9,11-12H2,1-2H3,(H,20,21)/t15-/m0/s1. The van der Waals surface area contributed by atoms with E-state index < -0.39 is 0 Å². The molecular weight excluding hydrogens is 306 g/mol. The second-order valence-electron chi connectivity index (χ2n) is 5.81. The molecule has 1 aliphatic rings. The maximum Gasteiger partial charge on any atom is 0.231 e. The van der Waals surface area contributed by atoms with Crippen LogP contribution in [0, 0.1) is 5.92 Å². The minimum absolute atomic E-state index is 0.0361. The van der Waals surface area contributed by atoms with Crippen LogP contribution in [0.15, 0.2) is 42.5 Å². The summed E-state index contributed by atoms with van der Waals surface area (Å²) in [6.07, 6.45) is 0.656. The summed E-state index contributed by atoms with van der Waals surface area (Å²) in [6, 6.07) is 13.4. The minimum Gasteiger partial charge on any atom is -0.497 e. The Morgan fingerprint density at radius 1 is 1.25 bits per heavy atom. The monoisotopic (exact) mass is 327 g/mol. The van der Waals surface area contributed by atoms with Crippen LogP contribution < -0.4 is 14.8 Å². The van der Waals surface area contributed by atoms with Gasteiger partial charge in [0.25, 0.3) is 0 Å². The van der Waals surface area contributed by atoms with Crippen LogP contribution in [0.4, 0.5) is 5.69 Å². The Kier molecular flexibility index (Phi) is 5.01. The number of anilines is 1. The third kappa shape index (κ3) is 3.68. The first-order chi connectivity index (χ1) is 11.7. The number of methoxy groups -OCH3 is 2. The van der Waals surface area contributed by atoms with Gasteiger partial charge in [-0.3, -0.25) is 4.79 Å². The Bertz CT molecular complexity index is 729. The highest BCUT2D eigenvalue weighted by molar-refractivity contribution is 5.93. The summed E-state index contributed by atoms with van der Waals surface area (Å²) in [7, 11) is 3.27. The van der Waals surface area contributed by atoms with Gasteiger partial charge in [0.2, 0.25) is 5.91 Å². The van der Waals surface area contributed by atoms with Crippen molar-refractivity contribution < 1.29 is 19.0 Å². The Balaban J connectivity index is 1.67. The van der Waals surface area contributed by atoms with Crippen LogP contribution in [0.2, 0.25) is 0 Å². The first-order valence-electron chi connectivity index (χ1n) is 7.88. The van der Waals surface area contributed by atoms with Crippen LogP contribution in [0.5, 0.6) is 11.5 Å². The van der Waals surface area contributed by atoms with Gasteiger partial charge in [0, 0.05) is 18.9 Å². The number of fused-ring (bicyclic) bond motifs is 1. The van der Waals surface area contributed by atoms with Crippen molar-refractivity contribution in [2.45, 2.75) is 13.0 Å². The lowest BCUT2D eigenvalue weighted by molar-refractivity contribution is -0.121. The van der Waals surface area contributed by atoms with E-state index >= 15 is 0 Å². The molecular formula is C19H21NO4. The van der Waals surface area contributed by atoms with E-state index in [1.165, 1.54) is 0 Å². The summed E-state index contributed by atoms with van der Waals surface area (Å²) in [5.41, 5.74) is 2.82. The van der Waals surface area contributed by atoms with Crippen molar-refractivity contribution in [3.63, 3.8) is 0 Å². The van der Waals surface area contributed by atoms with Gasteiger partial charge in [-0.05, 0) is 35.7 Å². The molecule has 0 saturated heterocycles. The quantitative estimate of drug-likeness (QED) is 0.917. The number of nitrogens with one attached hydrogen (secondary N) is 1. The molecule has 1 amide bonds. The Morgan fingerprint density at radius 2 is 2.12 bits per heavy atom. The molecule has 2 aromatic rings. The molecule has 5 heteroatoms. The third-order valence-electron chi connectivity index (χ3n) is 4.06. The average Bonchev–Trinajstić information content (AvgIpc) is 2.61. The summed E-state index contributed by atoms with van der Waals surface area (Å²) < 4.78 is 16.1. The first kappa shape index (κ1) is 16.3. The zero-order chi connectivity index (χ0) is 16.9. The van der Waals surface area contributed by atoms with Gasteiger partial charge in [0.05, 0.1) is 19.6 Å². The largest absolute Gasteiger partial charge is 0.497 e. The number of carbonyl (C=O) groups excluding carboxylic acids is 1. The molecule has 0 fully saturated rings. The molecule has 0 aliphatic carbocycles. The fourth-order valence-corrected chi connectivity index (χ4v) is 2.80. The van der Waals surface area contributed by atoms with Crippen LogP contribution in [0.25, 0.3) is 0 Å². The van der Waals surface area contributed by atoms with Crippen LogP contribution in [0.3, 0.4) is 0 Å². The molecule has 0 saturated carbocycles. The third-order valence-corrected chi connectivity index (χ3v) is 4.06. The number of hydrogen-bond donors (Lipinski definition) is 1. The lowest BCUT2D eigenvalue weighted by Crippen LogP contribution is -2.32. The topological polar surface area (TPSA) is 56.8 Å². The predicted octanol–water partition coefficient (Wildman–Crippen LogP) is 3.03. The van der Waals surface area contributed by atoms with Gasteiger partial charge in [-0.25, -0.2) is 0 Å². The van der Waals surface area contributed by atoms with Crippen molar-refractivity contribution in [2.24, 2.45) is 5.92 Å². The van der Waals surface area contributed by atoms with Gasteiger partial charge in [-0.15, -0.1) is 0 Å². The Morgan fingerprint density at radius 3 is 2.92 bits per heavy atom. The Labute approximate surface area is 141 Å². The van der Waals surface area contributed by atoms with Gasteiger partial charge >= 0.3 is 0 Å². The van der Waals surface area contributed by atoms with Gasteiger partial charge in [0.15, 0.2) is 0 Å². The lowest BCUT2D eigenvalue weighted by atomic mass is 9.95. The van der Waals surface area contributed by atoms with Crippen molar-refractivity contribution in [1.29, 1.82) is 0 Å². The van der Waals surface area contributed by atoms with E-state index in [-0.39, 0.29) is 11.8 Å². The lowest BCUT2D eigenvalue weighted by Gasteiger charge is -2.25. The number of ether oxygens (including phenoxy) is 3. The normalized spacial score (nSPS) is 16.0. The average molecular weight is 327 g/mol. The predicted molar refractivity (Wildman–Crippen MR) is 91.5 cm³/mol. The maximum atomic E-state index is 12.5. The second-order valence-corrected chi connectivity index (χ2v) is 5.81. The fourth-order valence-electron chi connectivity index (χ4n) is 2.80. The van der Waals surface area contributed by atoms with E-state index in [0.29, 0.717) is 19.6 Å². The van der Waals surface area contributed by atoms with Crippen LogP contribution in [0.1, 0.15) is 11.1 Å². The molecule has 5 nitrogen and oxygen atoms in total. The van der Waals surface area contributed by atoms with Crippen LogP contribution in [-0.2, 0) is 22.6 Å². The molecule has 3 rings (SSSR count). The number of benzene rings is 2. The van der Waals surface area contributed by atoms with Gasteiger partial charge < -0.3 is 19.5 Å².